The first-order valence-electron chi connectivity index (χ1n) is 8.05. The predicted octanol–water partition coefficient (Wildman–Crippen LogP) is 2.26. The molecular weight excluding hydrogens is 334 g/mol. The zero-order valence-electron chi connectivity index (χ0n) is 14.5. The molecular formula is C19H19N3O4. The molecule has 7 heteroatoms. The summed E-state index contributed by atoms with van der Waals surface area (Å²) in [6.45, 7) is 0.194. The molecule has 0 atom stereocenters. The molecule has 1 N–H and O–H groups in total. The monoisotopic (exact) mass is 353 g/mol. The van der Waals surface area contributed by atoms with Crippen LogP contribution in [0.4, 0.5) is 5.69 Å². The highest BCUT2D eigenvalue weighted by molar-refractivity contribution is 6.22. The van der Waals surface area contributed by atoms with Gasteiger partial charge in [-0.2, -0.15) is 0 Å². The van der Waals surface area contributed by atoms with E-state index in [1.54, 1.807) is 31.4 Å². The number of benzene rings is 2. The number of fused-ring (bicyclic) bond motifs is 1. The Kier molecular flexibility index (Phi) is 4.88. The third-order valence-electron chi connectivity index (χ3n) is 4.29. The summed E-state index contributed by atoms with van der Waals surface area (Å²) < 4.78 is 5.13. The number of methoxy groups -OCH3 is 1. The lowest BCUT2D eigenvalue weighted by Gasteiger charge is -2.22. The summed E-state index contributed by atoms with van der Waals surface area (Å²) in [6, 6.07) is 14.1. The molecule has 2 amide bonds. The molecule has 0 saturated heterocycles. The highest BCUT2D eigenvalue weighted by atomic mass is 16.5. The van der Waals surface area contributed by atoms with E-state index in [2.05, 4.69) is 5.16 Å². The van der Waals surface area contributed by atoms with Crippen LogP contribution in [-0.2, 0) is 0 Å². The fourth-order valence-corrected chi connectivity index (χ4v) is 2.88. The number of hydrogen-bond donors (Lipinski definition) is 1. The number of ether oxygens (including phenoxy) is 1. The first-order valence-corrected chi connectivity index (χ1v) is 8.05. The van der Waals surface area contributed by atoms with E-state index < -0.39 is 0 Å². The second-order valence-electron chi connectivity index (χ2n) is 5.96. The average molecular weight is 353 g/mol. The van der Waals surface area contributed by atoms with Crippen molar-refractivity contribution in [3.63, 3.8) is 0 Å². The predicted molar refractivity (Wildman–Crippen MR) is 97.3 cm³/mol. The molecule has 1 aliphatic heterocycles. The van der Waals surface area contributed by atoms with Crippen LogP contribution >= 0.6 is 0 Å². The molecule has 0 saturated carbocycles. The van der Waals surface area contributed by atoms with Gasteiger partial charge in [-0.15, -0.1) is 0 Å². The van der Waals surface area contributed by atoms with Crippen molar-refractivity contribution in [2.24, 2.45) is 5.16 Å². The van der Waals surface area contributed by atoms with Gasteiger partial charge in [-0.1, -0.05) is 17.3 Å². The quantitative estimate of drug-likeness (QED) is 0.373. The Bertz CT molecular complexity index is 826. The Balaban J connectivity index is 1.70. The largest absolute Gasteiger partial charge is 0.497 e. The second kappa shape index (κ2) is 7.26. The van der Waals surface area contributed by atoms with Gasteiger partial charge in [0.2, 0.25) is 0 Å². The van der Waals surface area contributed by atoms with Gasteiger partial charge in [0.05, 0.1) is 37.0 Å². The summed E-state index contributed by atoms with van der Waals surface area (Å²) in [5.41, 5.74) is 1.93. The third-order valence-corrected chi connectivity index (χ3v) is 4.29. The molecule has 0 bridgehead atoms. The van der Waals surface area contributed by atoms with Crippen LogP contribution in [0.5, 0.6) is 5.75 Å². The Labute approximate surface area is 151 Å². The maximum atomic E-state index is 12.4. The van der Waals surface area contributed by atoms with Gasteiger partial charge in [-0.25, -0.2) is 0 Å². The smallest absolute Gasteiger partial charge is 0.261 e. The zero-order chi connectivity index (χ0) is 18.7. The topological polar surface area (TPSA) is 82.4 Å². The van der Waals surface area contributed by atoms with Gasteiger partial charge in [0.1, 0.15) is 5.75 Å². The molecule has 7 nitrogen and oxygen atoms in total. The lowest BCUT2D eigenvalue weighted by molar-refractivity contribution is 0.0676. The number of imide groups is 1. The van der Waals surface area contributed by atoms with Crippen molar-refractivity contribution >= 4 is 23.2 Å². The van der Waals surface area contributed by atoms with Crippen molar-refractivity contribution in [2.75, 3.05) is 32.1 Å². The summed E-state index contributed by atoms with van der Waals surface area (Å²) >= 11 is 0. The number of hydrogen-bond acceptors (Lipinski definition) is 6. The van der Waals surface area contributed by atoms with E-state index in [0.29, 0.717) is 16.8 Å². The van der Waals surface area contributed by atoms with Crippen LogP contribution in [0.2, 0.25) is 0 Å². The van der Waals surface area contributed by atoms with Crippen molar-refractivity contribution in [3.05, 3.63) is 59.7 Å². The van der Waals surface area contributed by atoms with E-state index >= 15 is 0 Å². The molecule has 2 aromatic carbocycles. The molecule has 0 unspecified atom stereocenters. The maximum Gasteiger partial charge on any atom is 0.261 e. The van der Waals surface area contributed by atoms with Crippen molar-refractivity contribution in [2.45, 2.75) is 0 Å². The van der Waals surface area contributed by atoms with E-state index in [4.69, 9.17) is 4.74 Å². The molecule has 1 heterocycles. The van der Waals surface area contributed by atoms with Crippen LogP contribution < -0.4 is 9.64 Å². The average Bonchev–Trinajstić information content (AvgIpc) is 2.92. The van der Waals surface area contributed by atoms with Crippen molar-refractivity contribution in [1.29, 1.82) is 0 Å². The highest BCUT2D eigenvalue weighted by Gasteiger charge is 2.35. The highest BCUT2D eigenvalue weighted by Crippen LogP contribution is 2.23. The fraction of sp³-hybridized carbons (Fsp3) is 0.211. The fourth-order valence-electron chi connectivity index (χ4n) is 2.88. The summed E-state index contributed by atoms with van der Waals surface area (Å²) in [4.78, 5) is 27.8. The molecule has 3 rings (SSSR count). The van der Waals surface area contributed by atoms with Gasteiger partial charge in [-0.05, 0) is 36.4 Å². The van der Waals surface area contributed by atoms with E-state index in [1.165, 1.54) is 0 Å². The lowest BCUT2D eigenvalue weighted by Crippen LogP contribution is -2.39. The van der Waals surface area contributed by atoms with E-state index in [-0.39, 0.29) is 24.9 Å². The minimum Gasteiger partial charge on any atom is -0.497 e. The summed E-state index contributed by atoms with van der Waals surface area (Å²) in [7, 11) is 3.42. The van der Waals surface area contributed by atoms with Crippen LogP contribution in [-0.4, -0.2) is 54.9 Å². The van der Waals surface area contributed by atoms with Crippen LogP contribution in [0.25, 0.3) is 0 Å². The summed E-state index contributed by atoms with van der Waals surface area (Å²) in [6.07, 6.45) is 0. The van der Waals surface area contributed by atoms with Crippen LogP contribution in [0.15, 0.2) is 53.7 Å². The van der Waals surface area contributed by atoms with E-state index in [9.17, 15) is 14.8 Å². The number of carbonyl (C=O) groups excluding carboxylic acids is 2. The SMILES string of the molecule is COc1ccc(N(C)C/C(CN2C(=O)c3ccccc3C2=O)=N\O)cc1. The van der Waals surface area contributed by atoms with Gasteiger partial charge in [0, 0.05) is 12.7 Å². The lowest BCUT2D eigenvalue weighted by atomic mass is 10.1. The first kappa shape index (κ1) is 17.5. The van der Waals surface area contributed by atoms with E-state index in [1.807, 2.05) is 36.2 Å². The van der Waals surface area contributed by atoms with Gasteiger partial charge in [0.15, 0.2) is 0 Å². The zero-order valence-corrected chi connectivity index (χ0v) is 14.5. The molecule has 0 fully saturated rings. The first-order chi connectivity index (χ1) is 12.5. The van der Waals surface area contributed by atoms with Crippen molar-refractivity contribution in [1.82, 2.24) is 4.90 Å². The Morgan fingerprint density at radius 2 is 1.65 bits per heavy atom. The molecule has 1 aliphatic rings. The van der Waals surface area contributed by atoms with Gasteiger partial charge in [-0.3, -0.25) is 14.5 Å². The minimum absolute atomic E-state index is 0.0661. The van der Waals surface area contributed by atoms with Gasteiger partial charge in [0.25, 0.3) is 11.8 Å². The summed E-state index contributed by atoms with van der Waals surface area (Å²) in [5.74, 6) is -0.0121. The number of anilines is 1. The second-order valence-corrected chi connectivity index (χ2v) is 5.96. The minimum atomic E-state index is -0.376. The molecule has 0 aromatic heterocycles. The van der Waals surface area contributed by atoms with Gasteiger partial charge >= 0.3 is 0 Å². The number of rotatable bonds is 6. The van der Waals surface area contributed by atoms with E-state index in [0.717, 1.165) is 16.3 Å². The number of oxime groups is 1. The molecule has 2 aromatic rings. The molecule has 26 heavy (non-hydrogen) atoms. The van der Waals surface area contributed by atoms with Crippen molar-refractivity contribution in [3.8, 4) is 5.75 Å². The Hall–Kier alpha value is -3.35. The number of carbonyl (C=O) groups is 2. The summed E-state index contributed by atoms with van der Waals surface area (Å²) in [5, 5.41) is 12.6. The molecule has 0 spiro atoms. The molecule has 0 aliphatic carbocycles. The normalized spacial score (nSPS) is 13.8. The van der Waals surface area contributed by atoms with Crippen molar-refractivity contribution < 1.29 is 19.5 Å². The molecule has 0 radical (unpaired) electrons. The Morgan fingerprint density at radius 3 is 2.15 bits per heavy atom. The van der Waals surface area contributed by atoms with Gasteiger partial charge < -0.3 is 14.8 Å². The standard InChI is InChI=1S/C19H19N3O4/c1-21(14-7-9-15(26-2)10-8-14)11-13(20-25)12-22-18(23)16-5-3-4-6-17(16)19(22)24/h3-10,25H,11-12H2,1-2H3/b20-13+. The number of nitrogens with zero attached hydrogens (tertiary/aromatic N) is 3. The maximum absolute atomic E-state index is 12.4. The number of amides is 2. The van der Waals surface area contributed by atoms with Crippen LogP contribution in [0.1, 0.15) is 20.7 Å². The Morgan fingerprint density at radius 1 is 1.08 bits per heavy atom. The third kappa shape index (κ3) is 3.23. The van der Waals surface area contributed by atoms with Crippen LogP contribution in [0, 0.1) is 0 Å². The molecule has 134 valence electrons. The van der Waals surface area contributed by atoms with Crippen LogP contribution in [0.3, 0.4) is 0 Å².